The van der Waals surface area contributed by atoms with Crippen molar-refractivity contribution in [1.29, 1.82) is 0 Å². The Kier molecular flexibility index (Phi) is 6.28. The molecule has 0 aliphatic heterocycles. The molecule has 2 rings (SSSR count). The smallest absolute Gasteiger partial charge is 0.357 e. The summed E-state index contributed by atoms with van der Waals surface area (Å²) in [6.07, 6.45) is -0.349. The van der Waals surface area contributed by atoms with Crippen LogP contribution in [0.2, 0.25) is 0 Å². The summed E-state index contributed by atoms with van der Waals surface area (Å²) in [7, 11) is 0. The Morgan fingerprint density at radius 3 is 2.33 bits per heavy atom. The van der Waals surface area contributed by atoms with E-state index in [9.17, 15) is 13.2 Å². The summed E-state index contributed by atoms with van der Waals surface area (Å²) < 4.78 is 39.7. The van der Waals surface area contributed by atoms with Gasteiger partial charge in [-0.25, -0.2) is 4.99 Å². The number of benzene rings is 1. The largest absolute Gasteiger partial charge is 0.416 e. The number of alkyl halides is 3. The third-order valence-corrected chi connectivity index (χ3v) is 3.37. The molecule has 130 valence electrons. The van der Waals surface area contributed by atoms with Crippen molar-refractivity contribution in [2.75, 3.05) is 13.1 Å². The Hall–Kier alpha value is -2.44. The zero-order chi connectivity index (χ0) is 17.4. The van der Waals surface area contributed by atoms with E-state index in [0.717, 1.165) is 24.2 Å². The summed E-state index contributed by atoms with van der Waals surface area (Å²) in [5.74, 6) is 0.643. The van der Waals surface area contributed by atoms with Gasteiger partial charge in [-0.05, 0) is 36.8 Å². The Balaban J connectivity index is 1.89. The predicted octanol–water partition coefficient (Wildman–Crippen LogP) is 3.26. The van der Waals surface area contributed by atoms with Crippen molar-refractivity contribution >= 4 is 5.96 Å². The van der Waals surface area contributed by atoms with E-state index in [0.29, 0.717) is 25.6 Å². The van der Waals surface area contributed by atoms with E-state index in [2.05, 4.69) is 15.6 Å². The van der Waals surface area contributed by atoms with Gasteiger partial charge in [-0.1, -0.05) is 12.1 Å². The van der Waals surface area contributed by atoms with Crippen LogP contribution in [0.3, 0.4) is 0 Å². The number of halogens is 3. The van der Waals surface area contributed by atoms with Crippen LogP contribution in [0.15, 0.2) is 53.8 Å². The molecule has 2 aromatic rings. The maximum absolute atomic E-state index is 12.5. The molecule has 24 heavy (non-hydrogen) atoms. The van der Waals surface area contributed by atoms with Crippen molar-refractivity contribution in [1.82, 2.24) is 15.2 Å². The summed E-state index contributed by atoms with van der Waals surface area (Å²) in [5.41, 5.74) is 0.0811. The standard InChI is InChI=1S/C17H21F3N4/c1-2-21-16(22-9-12-24-10-3-4-11-24)23-13-14-5-7-15(8-6-14)17(18,19)20/h3-8,10-11H,2,9,12-13H2,1H3,(H2,21,22,23). The molecular formula is C17H21F3N4. The predicted molar refractivity (Wildman–Crippen MR) is 88.7 cm³/mol. The molecule has 0 unspecified atom stereocenters. The van der Waals surface area contributed by atoms with Crippen LogP contribution in [0.1, 0.15) is 18.1 Å². The van der Waals surface area contributed by atoms with Gasteiger partial charge in [0.2, 0.25) is 0 Å². The molecule has 1 heterocycles. The monoisotopic (exact) mass is 338 g/mol. The SMILES string of the molecule is CCNC(=NCc1ccc(C(F)(F)F)cc1)NCCn1cccc1. The minimum Gasteiger partial charge on any atom is -0.357 e. The van der Waals surface area contributed by atoms with E-state index in [1.807, 2.05) is 36.0 Å². The molecular weight excluding hydrogens is 317 g/mol. The van der Waals surface area contributed by atoms with Crippen LogP contribution in [0.5, 0.6) is 0 Å². The topological polar surface area (TPSA) is 41.4 Å². The van der Waals surface area contributed by atoms with Crippen molar-refractivity contribution < 1.29 is 13.2 Å². The molecule has 0 atom stereocenters. The number of hydrogen-bond acceptors (Lipinski definition) is 1. The maximum Gasteiger partial charge on any atom is 0.416 e. The molecule has 0 fully saturated rings. The number of rotatable bonds is 6. The molecule has 0 amide bonds. The number of nitrogens with zero attached hydrogens (tertiary/aromatic N) is 2. The Labute approximate surface area is 139 Å². The number of aliphatic imine (C=N–C) groups is 1. The first-order chi connectivity index (χ1) is 11.5. The molecule has 0 spiro atoms. The van der Waals surface area contributed by atoms with Gasteiger partial charge in [-0.3, -0.25) is 0 Å². The van der Waals surface area contributed by atoms with Crippen LogP contribution < -0.4 is 10.6 Å². The molecule has 0 aliphatic carbocycles. The van der Waals surface area contributed by atoms with Gasteiger partial charge >= 0.3 is 6.18 Å². The van der Waals surface area contributed by atoms with Crippen LogP contribution >= 0.6 is 0 Å². The Morgan fingerprint density at radius 1 is 1.08 bits per heavy atom. The third kappa shape index (κ3) is 5.64. The van der Waals surface area contributed by atoms with Crippen LogP contribution in [-0.4, -0.2) is 23.6 Å². The van der Waals surface area contributed by atoms with Crippen LogP contribution in [0.25, 0.3) is 0 Å². The van der Waals surface area contributed by atoms with E-state index in [-0.39, 0.29) is 0 Å². The van der Waals surface area contributed by atoms with E-state index < -0.39 is 11.7 Å². The van der Waals surface area contributed by atoms with Crippen LogP contribution in [-0.2, 0) is 19.3 Å². The molecule has 0 saturated heterocycles. The summed E-state index contributed by atoms with van der Waals surface area (Å²) in [5, 5.41) is 6.32. The molecule has 1 aromatic heterocycles. The maximum atomic E-state index is 12.5. The van der Waals surface area contributed by atoms with Crippen molar-refractivity contribution in [2.45, 2.75) is 26.2 Å². The first kappa shape index (κ1) is 17.9. The van der Waals surface area contributed by atoms with Gasteiger partial charge < -0.3 is 15.2 Å². The molecule has 7 heteroatoms. The number of hydrogen-bond donors (Lipinski definition) is 2. The molecule has 0 saturated carbocycles. The van der Waals surface area contributed by atoms with Crippen LogP contribution in [0.4, 0.5) is 13.2 Å². The number of aromatic nitrogens is 1. The fourth-order valence-corrected chi connectivity index (χ4v) is 2.13. The molecule has 0 aliphatic rings. The van der Waals surface area contributed by atoms with Crippen molar-refractivity contribution in [3.05, 3.63) is 59.9 Å². The average molecular weight is 338 g/mol. The second-order valence-electron chi connectivity index (χ2n) is 5.24. The lowest BCUT2D eigenvalue weighted by Gasteiger charge is -2.12. The first-order valence-corrected chi connectivity index (χ1v) is 7.78. The summed E-state index contributed by atoms with van der Waals surface area (Å²) in [4.78, 5) is 4.40. The van der Waals surface area contributed by atoms with Gasteiger partial charge in [0.1, 0.15) is 0 Å². The highest BCUT2D eigenvalue weighted by molar-refractivity contribution is 5.79. The van der Waals surface area contributed by atoms with Crippen molar-refractivity contribution in [3.63, 3.8) is 0 Å². The third-order valence-electron chi connectivity index (χ3n) is 3.37. The quantitative estimate of drug-likeness (QED) is 0.627. The van der Waals surface area contributed by atoms with Gasteiger partial charge in [-0.2, -0.15) is 13.2 Å². The zero-order valence-corrected chi connectivity index (χ0v) is 13.5. The van der Waals surface area contributed by atoms with E-state index in [1.54, 1.807) is 0 Å². The average Bonchev–Trinajstić information content (AvgIpc) is 3.05. The highest BCUT2D eigenvalue weighted by Gasteiger charge is 2.29. The Morgan fingerprint density at radius 2 is 1.75 bits per heavy atom. The lowest BCUT2D eigenvalue weighted by molar-refractivity contribution is -0.137. The van der Waals surface area contributed by atoms with Crippen molar-refractivity contribution in [3.8, 4) is 0 Å². The van der Waals surface area contributed by atoms with Gasteiger partial charge in [0, 0.05) is 32.0 Å². The summed E-state index contributed by atoms with van der Waals surface area (Å²) in [6, 6.07) is 8.99. The zero-order valence-electron chi connectivity index (χ0n) is 13.5. The minimum atomic E-state index is -4.31. The molecule has 0 radical (unpaired) electrons. The molecule has 0 bridgehead atoms. The second kappa shape index (κ2) is 8.42. The lowest BCUT2D eigenvalue weighted by atomic mass is 10.1. The normalized spacial score (nSPS) is 12.2. The van der Waals surface area contributed by atoms with E-state index >= 15 is 0 Å². The van der Waals surface area contributed by atoms with Gasteiger partial charge in [0.05, 0.1) is 12.1 Å². The van der Waals surface area contributed by atoms with Crippen molar-refractivity contribution in [2.24, 2.45) is 4.99 Å². The highest BCUT2D eigenvalue weighted by Crippen LogP contribution is 2.29. The molecule has 2 N–H and O–H groups in total. The molecule has 4 nitrogen and oxygen atoms in total. The molecule has 1 aromatic carbocycles. The van der Waals surface area contributed by atoms with Gasteiger partial charge in [0.15, 0.2) is 5.96 Å². The number of nitrogens with one attached hydrogen (secondary N) is 2. The summed E-state index contributed by atoms with van der Waals surface area (Å²) in [6.45, 7) is 4.49. The summed E-state index contributed by atoms with van der Waals surface area (Å²) >= 11 is 0. The minimum absolute atomic E-state index is 0.316. The fraction of sp³-hybridized carbons (Fsp3) is 0.353. The van der Waals surface area contributed by atoms with Crippen LogP contribution in [0, 0.1) is 0 Å². The van der Waals surface area contributed by atoms with E-state index in [4.69, 9.17) is 0 Å². The Bertz CT molecular complexity index is 631. The lowest BCUT2D eigenvalue weighted by Crippen LogP contribution is -2.38. The fourth-order valence-electron chi connectivity index (χ4n) is 2.13. The number of guanidine groups is 1. The van der Waals surface area contributed by atoms with E-state index in [1.165, 1.54) is 12.1 Å². The first-order valence-electron chi connectivity index (χ1n) is 7.78. The second-order valence-corrected chi connectivity index (χ2v) is 5.24. The van der Waals surface area contributed by atoms with Gasteiger partial charge in [0.25, 0.3) is 0 Å². The van der Waals surface area contributed by atoms with Gasteiger partial charge in [-0.15, -0.1) is 0 Å². The highest BCUT2D eigenvalue weighted by atomic mass is 19.4.